The van der Waals surface area contributed by atoms with Crippen molar-refractivity contribution in [1.82, 2.24) is 10.2 Å². The van der Waals surface area contributed by atoms with Crippen LogP contribution in [0.3, 0.4) is 0 Å². The molecule has 11 heteroatoms. The Labute approximate surface area is 161 Å². The molecule has 0 amide bonds. The maximum absolute atomic E-state index is 13.2. The molecule has 2 N–H and O–H groups in total. The van der Waals surface area contributed by atoms with Crippen molar-refractivity contribution in [3.63, 3.8) is 0 Å². The van der Waals surface area contributed by atoms with Crippen LogP contribution in [0.1, 0.15) is 5.56 Å². The number of fused-ring (bicyclic) bond motifs is 1. The lowest BCUT2D eigenvalue weighted by Gasteiger charge is -2.32. The predicted octanol–water partition coefficient (Wildman–Crippen LogP) is 3.55. The minimum atomic E-state index is -5.54. The first-order chi connectivity index (χ1) is 12.9. The third-order valence-electron chi connectivity index (χ3n) is 5.43. The van der Waals surface area contributed by atoms with Gasteiger partial charge in [0.1, 0.15) is 6.04 Å². The summed E-state index contributed by atoms with van der Waals surface area (Å²) in [4.78, 5) is 13.1. The topological polar surface area (TPSA) is 52.6 Å². The highest BCUT2D eigenvalue weighted by atomic mass is 35.5. The lowest BCUT2D eigenvalue weighted by Crippen LogP contribution is -2.53. The van der Waals surface area contributed by atoms with Crippen LogP contribution in [0.25, 0.3) is 0 Å². The molecule has 2 fully saturated rings. The second kappa shape index (κ2) is 7.38. The molecule has 0 saturated carbocycles. The molecule has 4 nitrogen and oxygen atoms in total. The average Bonchev–Trinajstić information content (AvgIpc) is 3.07. The molecule has 2 saturated heterocycles. The Morgan fingerprint density at radius 3 is 2.25 bits per heavy atom. The van der Waals surface area contributed by atoms with Crippen LogP contribution in [0.4, 0.5) is 26.3 Å². The third kappa shape index (κ3) is 4.08. The van der Waals surface area contributed by atoms with Crippen LogP contribution in [0.2, 0.25) is 5.02 Å². The van der Waals surface area contributed by atoms with Crippen LogP contribution >= 0.6 is 11.6 Å². The Bertz CT molecular complexity index is 727. The molecule has 1 aromatic carbocycles. The molecule has 0 spiro atoms. The number of nitrogens with zero attached hydrogens (tertiary/aromatic N) is 1. The first-order valence-corrected chi connectivity index (χ1v) is 8.85. The van der Waals surface area contributed by atoms with Gasteiger partial charge in [0, 0.05) is 36.6 Å². The number of hydrogen-bond acceptors (Lipinski definition) is 3. The Morgan fingerprint density at radius 2 is 1.71 bits per heavy atom. The van der Waals surface area contributed by atoms with Crippen LogP contribution < -0.4 is 5.32 Å². The van der Waals surface area contributed by atoms with Gasteiger partial charge in [0.05, 0.1) is 0 Å². The lowest BCUT2D eigenvalue weighted by atomic mass is 9.84. The zero-order chi connectivity index (χ0) is 20.9. The molecule has 0 aromatic heterocycles. The van der Waals surface area contributed by atoms with Crippen molar-refractivity contribution in [1.29, 1.82) is 0 Å². The van der Waals surface area contributed by atoms with Crippen molar-refractivity contribution < 1.29 is 36.2 Å². The van der Waals surface area contributed by atoms with E-state index in [1.54, 1.807) is 29.2 Å². The molecular weight excluding hydrogens is 414 g/mol. The molecule has 0 radical (unpaired) electrons. The van der Waals surface area contributed by atoms with E-state index >= 15 is 0 Å². The molecule has 0 aliphatic carbocycles. The van der Waals surface area contributed by atoms with Crippen molar-refractivity contribution in [3.05, 3.63) is 34.9 Å². The summed E-state index contributed by atoms with van der Waals surface area (Å²) >= 11 is 6.07. The smallest absolute Gasteiger partial charge is 0.402 e. The van der Waals surface area contributed by atoms with Gasteiger partial charge in [-0.15, -0.1) is 0 Å². The summed E-state index contributed by atoms with van der Waals surface area (Å²) in [6.45, 7) is 0.202. The van der Waals surface area contributed by atoms with Gasteiger partial charge in [-0.3, -0.25) is 9.69 Å². The van der Waals surface area contributed by atoms with Crippen LogP contribution in [-0.2, 0) is 11.3 Å². The van der Waals surface area contributed by atoms with Crippen molar-refractivity contribution in [2.45, 2.75) is 31.0 Å². The standard InChI is InChI=1S/C17H17ClF6N2O2/c18-11-4-2-1-3-8(11)5-26-6-9-10(7-26)13(15(27)28)25-12(9)14(16(19,20)21)17(22,23)24/h1-4,9-10,12-14,25H,5-7H2,(H,27,28). The van der Waals surface area contributed by atoms with E-state index in [0.717, 1.165) is 0 Å². The van der Waals surface area contributed by atoms with E-state index in [-0.39, 0.29) is 19.6 Å². The number of halogens is 7. The molecule has 0 bridgehead atoms. The summed E-state index contributed by atoms with van der Waals surface area (Å²) in [7, 11) is 0. The number of nitrogens with one attached hydrogen (secondary N) is 1. The van der Waals surface area contributed by atoms with E-state index in [2.05, 4.69) is 5.32 Å². The van der Waals surface area contributed by atoms with E-state index < -0.39 is 48.2 Å². The summed E-state index contributed by atoms with van der Waals surface area (Å²) in [6, 6.07) is 3.21. The summed E-state index contributed by atoms with van der Waals surface area (Å²) in [5.41, 5.74) is 0.670. The second-order valence-corrected chi connectivity index (χ2v) is 7.59. The van der Waals surface area contributed by atoms with Gasteiger partial charge in [0.25, 0.3) is 0 Å². The SMILES string of the molecule is O=C(O)C1NC(C(C(F)(F)F)C(F)(F)F)C2CN(Cc3ccccc3Cl)CC12. The Kier molecular flexibility index (Phi) is 5.59. The van der Waals surface area contributed by atoms with Crippen molar-refractivity contribution in [3.8, 4) is 0 Å². The van der Waals surface area contributed by atoms with Gasteiger partial charge < -0.3 is 10.4 Å². The number of carboxylic acid groups (broad SMARTS) is 1. The van der Waals surface area contributed by atoms with E-state index in [1.807, 2.05) is 0 Å². The van der Waals surface area contributed by atoms with Crippen LogP contribution in [0.15, 0.2) is 24.3 Å². The fourth-order valence-corrected chi connectivity index (χ4v) is 4.51. The molecule has 2 heterocycles. The number of alkyl halides is 6. The van der Waals surface area contributed by atoms with Crippen molar-refractivity contribution in [2.75, 3.05) is 13.1 Å². The molecule has 4 atom stereocenters. The molecule has 156 valence electrons. The molecule has 1 aromatic rings. The zero-order valence-corrected chi connectivity index (χ0v) is 15.0. The first-order valence-electron chi connectivity index (χ1n) is 8.47. The second-order valence-electron chi connectivity index (χ2n) is 7.18. The van der Waals surface area contributed by atoms with Gasteiger partial charge in [-0.05, 0) is 17.5 Å². The number of rotatable bonds is 4. The predicted molar refractivity (Wildman–Crippen MR) is 87.7 cm³/mol. The van der Waals surface area contributed by atoms with Crippen LogP contribution in [0, 0.1) is 17.8 Å². The fourth-order valence-electron chi connectivity index (χ4n) is 4.32. The summed E-state index contributed by atoms with van der Waals surface area (Å²) in [6.07, 6.45) is -11.1. The van der Waals surface area contributed by atoms with Crippen molar-refractivity contribution >= 4 is 17.6 Å². The number of benzene rings is 1. The molecule has 4 unspecified atom stereocenters. The molecule has 3 rings (SSSR count). The van der Waals surface area contributed by atoms with Crippen LogP contribution in [0.5, 0.6) is 0 Å². The Morgan fingerprint density at radius 1 is 1.14 bits per heavy atom. The largest absolute Gasteiger partial charge is 0.480 e. The first kappa shape index (κ1) is 21.2. The van der Waals surface area contributed by atoms with Gasteiger partial charge in [-0.2, -0.15) is 26.3 Å². The number of carboxylic acids is 1. The number of aliphatic carboxylic acids is 1. The molecular formula is C17H17ClF6N2O2. The quantitative estimate of drug-likeness (QED) is 0.717. The van der Waals surface area contributed by atoms with Gasteiger partial charge in [0.2, 0.25) is 0 Å². The molecule has 28 heavy (non-hydrogen) atoms. The highest BCUT2D eigenvalue weighted by molar-refractivity contribution is 6.31. The van der Waals surface area contributed by atoms with E-state index in [0.29, 0.717) is 10.6 Å². The fraction of sp³-hybridized carbons (Fsp3) is 0.588. The maximum atomic E-state index is 13.2. The van der Waals surface area contributed by atoms with Crippen molar-refractivity contribution in [2.24, 2.45) is 17.8 Å². The normalized spacial score (nSPS) is 28.7. The van der Waals surface area contributed by atoms with Gasteiger partial charge in [0.15, 0.2) is 5.92 Å². The summed E-state index contributed by atoms with van der Waals surface area (Å²) in [5, 5.41) is 11.9. The Hall–Kier alpha value is -1.52. The maximum Gasteiger partial charge on any atom is 0.402 e. The van der Waals surface area contributed by atoms with E-state index in [1.165, 1.54) is 0 Å². The minimum Gasteiger partial charge on any atom is -0.480 e. The summed E-state index contributed by atoms with van der Waals surface area (Å²) in [5.74, 6) is -7.05. The average molecular weight is 431 g/mol. The highest BCUT2D eigenvalue weighted by Crippen LogP contribution is 2.48. The van der Waals surface area contributed by atoms with Crippen LogP contribution in [-0.4, -0.2) is 53.5 Å². The van der Waals surface area contributed by atoms with Gasteiger partial charge in [-0.25, -0.2) is 0 Å². The third-order valence-corrected chi connectivity index (χ3v) is 5.80. The van der Waals surface area contributed by atoms with E-state index in [9.17, 15) is 36.2 Å². The minimum absolute atomic E-state index is 0.0682. The van der Waals surface area contributed by atoms with E-state index in [4.69, 9.17) is 11.6 Å². The number of hydrogen-bond donors (Lipinski definition) is 2. The number of likely N-dealkylation sites (tertiary alicyclic amines) is 1. The Balaban J connectivity index is 1.87. The lowest BCUT2D eigenvalue weighted by molar-refractivity contribution is -0.293. The highest BCUT2D eigenvalue weighted by Gasteiger charge is 2.66. The molecule has 2 aliphatic heterocycles. The summed E-state index contributed by atoms with van der Waals surface area (Å²) < 4.78 is 79.3. The van der Waals surface area contributed by atoms with Gasteiger partial charge >= 0.3 is 18.3 Å². The molecule has 2 aliphatic rings. The monoisotopic (exact) mass is 430 g/mol. The zero-order valence-electron chi connectivity index (χ0n) is 14.3. The number of carbonyl (C=O) groups is 1. The van der Waals surface area contributed by atoms with Gasteiger partial charge in [-0.1, -0.05) is 29.8 Å².